The molecule has 1 atom stereocenters. The van der Waals surface area contributed by atoms with Crippen molar-refractivity contribution in [2.24, 2.45) is 0 Å². The number of aryl methyl sites for hydroxylation is 2. The van der Waals surface area contributed by atoms with Crippen molar-refractivity contribution >= 4 is 0 Å². The Morgan fingerprint density at radius 3 is 2.90 bits per heavy atom. The molecule has 0 bridgehead atoms. The van der Waals surface area contributed by atoms with Gasteiger partial charge in [-0.1, -0.05) is 19.1 Å². The standard InChI is InChI=1S/C16H22N2O2/c1-4-8-18-9-7-17-16(18)11-14(19)13-6-5-12(2)15(10-13)20-3/h5-7,9-10,14,19H,4,8,11H2,1-3H3. The first-order valence-corrected chi connectivity index (χ1v) is 6.98. The fourth-order valence-corrected chi connectivity index (χ4v) is 2.31. The number of imidazole rings is 1. The summed E-state index contributed by atoms with van der Waals surface area (Å²) in [5.41, 5.74) is 1.93. The normalized spacial score (nSPS) is 12.4. The van der Waals surface area contributed by atoms with E-state index in [0.717, 1.165) is 35.7 Å². The summed E-state index contributed by atoms with van der Waals surface area (Å²) in [6.07, 6.45) is 4.74. The van der Waals surface area contributed by atoms with Gasteiger partial charge in [0.2, 0.25) is 0 Å². The number of hydrogen-bond donors (Lipinski definition) is 1. The van der Waals surface area contributed by atoms with Crippen molar-refractivity contribution in [2.75, 3.05) is 7.11 Å². The van der Waals surface area contributed by atoms with Crippen molar-refractivity contribution in [1.29, 1.82) is 0 Å². The van der Waals surface area contributed by atoms with Gasteiger partial charge in [0.05, 0.1) is 13.2 Å². The van der Waals surface area contributed by atoms with E-state index in [2.05, 4.69) is 16.5 Å². The molecule has 0 aliphatic heterocycles. The third-order valence-corrected chi connectivity index (χ3v) is 3.46. The van der Waals surface area contributed by atoms with Crippen molar-refractivity contribution in [3.8, 4) is 5.75 Å². The lowest BCUT2D eigenvalue weighted by Crippen LogP contribution is -2.09. The van der Waals surface area contributed by atoms with Crippen LogP contribution in [-0.2, 0) is 13.0 Å². The van der Waals surface area contributed by atoms with E-state index in [0.29, 0.717) is 6.42 Å². The zero-order chi connectivity index (χ0) is 14.5. The SMILES string of the molecule is CCCn1ccnc1CC(O)c1ccc(C)c(OC)c1. The average Bonchev–Trinajstić information content (AvgIpc) is 2.87. The van der Waals surface area contributed by atoms with Gasteiger partial charge in [0, 0.05) is 25.4 Å². The molecular weight excluding hydrogens is 252 g/mol. The minimum absolute atomic E-state index is 0.513. The first-order chi connectivity index (χ1) is 9.65. The summed E-state index contributed by atoms with van der Waals surface area (Å²) in [5.74, 6) is 1.72. The van der Waals surface area contributed by atoms with Crippen LogP contribution in [0.4, 0.5) is 0 Å². The molecular formula is C16H22N2O2. The predicted molar refractivity (Wildman–Crippen MR) is 78.9 cm³/mol. The Morgan fingerprint density at radius 1 is 1.40 bits per heavy atom. The van der Waals surface area contributed by atoms with Gasteiger partial charge >= 0.3 is 0 Å². The summed E-state index contributed by atoms with van der Waals surface area (Å²) >= 11 is 0. The highest BCUT2D eigenvalue weighted by Gasteiger charge is 2.13. The van der Waals surface area contributed by atoms with Crippen LogP contribution in [0.2, 0.25) is 0 Å². The molecule has 1 aromatic carbocycles. The van der Waals surface area contributed by atoms with Crippen molar-refractivity contribution < 1.29 is 9.84 Å². The molecule has 0 aliphatic rings. The molecule has 2 rings (SSSR count). The molecule has 0 spiro atoms. The Morgan fingerprint density at radius 2 is 2.20 bits per heavy atom. The second-order valence-electron chi connectivity index (χ2n) is 4.99. The topological polar surface area (TPSA) is 47.3 Å². The number of benzene rings is 1. The number of aliphatic hydroxyl groups is 1. The Labute approximate surface area is 120 Å². The molecule has 0 radical (unpaired) electrons. The van der Waals surface area contributed by atoms with E-state index >= 15 is 0 Å². The number of methoxy groups -OCH3 is 1. The highest BCUT2D eigenvalue weighted by atomic mass is 16.5. The van der Waals surface area contributed by atoms with Gasteiger partial charge in [0.1, 0.15) is 11.6 Å². The van der Waals surface area contributed by atoms with Gasteiger partial charge in [0.15, 0.2) is 0 Å². The number of aromatic nitrogens is 2. The maximum absolute atomic E-state index is 10.4. The van der Waals surface area contributed by atoms with Crippen LogP contribution in [0.1, 0.15) is 36.4 Å². The molecule has 20 heavy (non-hydrogen) atoms. The van der Waals surface area contributed by atoms with Gasteiger partial charge in [-0.05, 0) is 30.5 Å². The van der Waals surface area contributed by atoms with Crippen LogP contribution in [-0.4, -0.2) is 21.8 Å². The van der Waals surface area contributed by atoms with Gasteiger partial charge in [-0.2, -0.15) is 0 Å². The molecule has 0 amide bonds. The van der Waals surface area contributed by atoms with E-state index in [1.165, 1.54) is 0 Å². The lowest BCUT2D eigenvalue weighted by atomic mass is 10.0. The van der Waals surface area contributed by atoms with Crippen molar-refractivity contribution in [3.63, 3.8) is 0 Å². The van der Waals surface area contributed by atoms with Crippen molar-refractivity contribution in [1.82, 2.24) is 9.55 Å². The van der Waals surface area contributed by atoms with Crippen LogP contribution in [0.3, 0.4) is 0 Å². The maximum Gasteiger partial charge on any atom is 0.122 e. The van der Waals surface area contributed by atoms with Gasteiger partial charge in [-0.3, -0.25) is 0 Å². The van der Waals surface area contributed by atoms with E-state index in [4.69, 9.17) is 4.74 Å². The minimum atomic E-state index is -0.567. The zero-order valence-electron chi connectivity index (χ0n) is 12.3. The number of hydrogen-bond acceptors (Lipinski definition) is 3. The fraction of sp³-hybridized carbons (Fsp3) is 0.438. The summed E-state index contributed by atoms with van der Waals surface area (Å²) in [6.45, 7) is 5.05. The zero-order valence-corrected chi connectivity index (χ0v) is 12.3. The number of rotatable bonds is 6. The highest BCUT2D eigenvalue weighted by Crippen LogP contribution is 2.25. The van der Waals surface area contributed by atoms with E-state index < -0.39 is 6.10 Å². The van der Waals surface area contributed by atoms with E-state index in [1.54, 1.807) is 13.3 Å². The number of ether oxygens (including phenoxy) is 1. The van der Waals surface area contributed by atoms with E-state index in [-0.39, 0.29) is 0 Å². The summed E-state index contributed by atoms with van der Waals surface area (Å²) < 4.78 is 7.39. The van der Waals surface area contributed by atoms with Gasteiger partial charge in [-0.25, -0.2) is 4.98 Å². The third kappa shape index (κ3) is 3.20. The lowest BCUT2D eigenvalue weighted by molar-refractivity contribution is 0.174. The second kappa shape index (κ2) is 6.57. The molecule has 1 aromatic heterocycles. The largest absolute Gasteiger partial charge is 0.496 e. The molecule has 0 fully saturated rings. The molecule has 1 heterocycles. The molecule has 4 heteroatoms. The smallest absolute Gasteiger partial charge is 0.122 e. The van der Waals surface area contributed by atoms with Crippen LogP contribution in [0.5, 0.6) is 5.75 Å². The summed E-state index contributed by atoms with van der Waals surface area (Å²) in [5, 5.41) is 10.4. The molecule has 0 saturated heterocycles. The number of nitrogens with zero attached hydrogens (tertiary/aromatic N) is 2. The van der Waals surface area contributed by atoms with Gasteiger partial charge < -0.3 is 14.4 Å². The lowest BCUT2D eigenvalue weighted by Gasteiger charge is -2.14. The summed E-state index contributed by atoms with van der Waals surface area (Å²) in [4.78, 5) is 4.33. The third-order valence-electron chi connectivity index (χ3n) is 3.46. The van der Waals surface area contributed by atoms with Crippen LogP contribution in [0.15, 0.2) is 30.6 Å². The molecule has 0 saturated carbocycles. The molecule has 108 valence electrons. The van der Waals surface area contributed by atoms with Gasteiger partial charge in [0.25, 0.3) is 0 Å². The second-order valence-corrected chi connectivity index (χ2v) is 4.99. The van der Waals surface area contributed by atoms with Crippen LogP contribution >= 0.6 is 0 Å². The van der Waals surface area contributed by atoms with Crippen molar-refractivity contribution in [2.45, 2.75) is 39.3 Å². The Balaban J connectivity index is 2.15. The fourth-order valence-electron chi connectivity index (χ4n) is 2.31. The number of aliphatic hydroxyl groups excluding tert-OH is 1. The Hall–Kier alpha value is -1.81. The van der Waals surface area contributed by atoms with Crippen LogP contribution in [0.25, 0.3) is 0 Å². The van der Waals surface area contributed by atoms with E-state index in [1.807, 2.05) is 31.3 Å². The van der Waals surface area contributed by atoms with Crippen LogP contribution < -0.4 is 4.74 Å². The minimum Gasteiger partial charge on any atom is -0.496 e. The maximum atomic E-state index is 10.4. The molecule has 1 unspecified atom stereocenters. The molecule has 4 nitrogen and oxygen atoms in total. The monoisotopic (exact) mass is 274 g/mol. The Kier molecular flexibility index (Phi) is 4.79. The average molecular weight is 274 g/mol. The first kappa shape index (κ1) is 14.6. The molecule has 2 aromatic rings. The Bertz CT molecular complexity index is 563. The molecule has 0 aliphatic carbocycles. The quantitative estimate of drug-likeness (QED) is 0.881. The first-order valence-electron chi connectivity index (χ1n) is 6.98. The molecule has 1 N–H and O–H groups in total. The van der Waals surface area contributed by atoms with E-state index in [9.17, 15) is 5.11 Å². The van der Waals surface area contributed by atoms with Crippen LogP contribution in [0, 0.1) is 6.92 Å². The van der Waals surface area contributed by atoms with Gasteiger partial charge in [-0.15, -0.1) is 0 Å². The highest BCUT2D eigenvalue weighted by molar-refractivity contribution is 5.37. The summed E-state index contributed by atoms with van der Waals surface area (Å²) in [7, 11) is 1.65. The summed E-state index contributed by atoms with van der Waals surface area (Å²) in [6, 6.07) is 5.80. The predicted octanol–water partition coefficient (Wildman–Crippen LogP) is 2.89. The van der Waals surface area contributed by atoms with Crippen molar-refractivity contribution in [3.05, 3.63) is 47.5 Å².